The molecule has 3 aromatic carbocycles. The van der Waals surface area contributed by atoms with Crippen LogP contribution in [0, 0.1) is 13.8 Å². The zero-order valence-electron chi connectivity index (χ0n) is 20.5. The smallest absolute Gasteiger partial charge is 0.213 e. The van der Waals surface area contributed by atoms with Crippen molar-refractivity contribution in [1.82, 2.24) is 0 Å². The van der Waals surface area contributed by atoms with Crippen molar-refractivity contribution in [3.8, 4) is 22.3 Å². The Labute approximate surface area is 212 Å². The summed E-state index contributed by atoms with van der Waals surface area (Å²) < 4.78 is 11.8. The number of hydrogen-bond donors (Lipinski definition) is 0. The average molecular weight is 469 g/mol. The van der Waals surface area contributed by atoms with Crippen LogP contribution >= 0.6 is 0 Å². The summed E-state index contributed by atoms with van der Waals surface area (Å²) in [4.78, 5) is 0. The van der Waals surface area contributed by atoms with E-state index in [0.29, 0.717) is 0 Å². The van der Waals surface area contributed by atoms with Gasteiger partial charge in [-0.15, -0.1) is 0 Å². The largest absolute Gasteiger partial charge is 0.353 e. The standard InChI is InChI=1S/C34H28O2/c1-25-21-31(29-9-5-3-6-10-29)23-33(35-25)19-17-27-13-15-28(16-14-27)18-20-34-24-32(22-26(2)36-34)30-11-7-4-8-12-30/h3-24H,1-2H3/q+2/b19-17+,20-18+. The second kappa shape index (κ2) is 10.8. The zero-order valence-corrected chi connectivity index (χ0v) is 20.5. The van der Waals surface area contributed by atoms with Crippen molar-refractivity contribution in [1.29, 1.82) is 0 Å². The topological polar surface area (TPSA) is 22.6 Å². The number of aryl methyl sites for hydroxylation is 2. The minimum absolute atomic E-state index is 0.827. The first-order valence-electron chi connectivity index (χ1n) is 12.1. The lowest BCUT2D eigenvalue weighted by molar-refractivity contribution is 0.507. The van der Waals surface area contributed by atoms with Crippen LogP contribution in [0.25, 0.3) is 46.6 Å². The van der Waals surface area contributed by atoms with E-state index in [4.69, 9.17) is 8.83 Å². The van der Waals surface area contributed by atoms with Crippen LogP contribution < -0.4 is 0 Å². The second-order valence-corrected chi connectivity index (χ2v) is 8.78. The van der Waals surface area contributed by atoms with E-state index in [1.54, 1.807) is 0 Å². The zero-order chi connectivity index (χ0) is 24.7. The van der Waals surface area contributed by atoms with Crippen molar-refractivity contribution >= 4 is 24.3 Å². The Morgan fingerprint density at radius 3 is 1.19 bits per heavy atom. The lowest BCUT2D eigenvalue weighted by atomic mass is 10.1. The molecule has 2 heteroatoms. The van der Waals surface area contributed by atoms with Crippen LogP contribution in [-0.4, -0.2) is 0 Å². The molecule has 174 valence electrons. The maximum Gasteiger partial charge on any atom is 0.353 e. The molecule has 0 spiro atoms. The van der Waals surface area contributed by atoms with Crippen LogP contribution in [0.3, 0.4) is 0 Å². The molecule has 2 nitrogen and oxygen atoms in total. The fourth-order valence-corrected chi connectivity index (χ4v) is 4.15. The molecule has 0 aliphatic rings. The van der Waals surface area contributed by atoms with Crippen molar-refractivity contribution in [3.63, 3.8) is 0 Å². The summed E-state index contributed by atoms with van der Waals surface area (Å²) in [6, 6.07) is 37.4. The quantitative estimate of drug-likeness (QED) is 0.231. The monoisotopic (exact) mass is 468 g/mol. The van der Waals surface area contributed by atoms with E-state index < -0.39 is 0 Å². The summed E-state index contributed by atoms with van der Waals surface area (Å²) in [5.74, 6) is 3.42. The predicted molar refractivity (Wildman–Crippen MR) is 151 cm³/mol. The highest BCUT2D eigenvalue weighted by atomic mass is 16.3. The van der Waals surface area contributed by atoms with Gasteiger partial charge in [0.25, 0.3) is 0 Å². The Hall–Kier alpha value is -4.56. The molecule has 5 aromatic rings. The van der Waals surface area contributed by atoms with Gasteiger partial charge in [0.1, 0.15) is 0 Å². The molecule has 0 fully saturated rings. The normalized spacial score (nSPS) is 11.4. The van der Waals surface area contributed by atoms with E-state index in [0.717, 1.165) is 45.3 Å². The van der Waals surface area contributed by atoms with E-state index in [-0.39, 0.29) is 0 Å². The second-order valence-electron chi connectivity index (χ2n) is 8.78. The van der Waals surface area contributed by atoms with E-state index in [1.807, 2.05) is 38.1 Å². The van der Waals surface area contributed by atoms with Gasteiger partial charge < -0.3 is 0 Å². The van der Waals surface area contributed by atoms with Crippen LogP contribution in [0.2, 0.25) is 0 Å². The summed E-state index contributed by atoms with van der Waals surface area (Å²) in [5, 5.41) is 0. The summed E-state index contributed by atoms with van der Waals surface area (Å²) in [5.41, 5.74) is 6.87. The Kier molecular flexibility index (Phi) is 6.95. The predicted octanol–water partition coefficient (Wildman–Crippen LogP) is 9.73. The molecule has 0 aliphatic carbocycles. The minimum Gasteiger partial charge on any atom is -0.213 e. The lowest BCUT2D eigenvalue weighted by Gasteiger charge is -1.99. The summed E-state index contributed by atoms with van der Waals surface area (Å²) in [6.45, 7) is 3.96. The van der Waals surface area contributed by atoms with Gasteiger partial charge >= 0.3 is 23.0 Å². The molecular formula is C34H28O2+2. The maximum absolute atomic E-state index is 5.92. The minimum atomic E-state index is 0.827. The van der Waals surface area contributed by atoms with Crippen molar-refractivity contribution in [2.45, 2.75) is 13.8 Å². The molecule has 2 heterocycles. The van der Waals surface area contributed by atoms with Gasteiger partial charge in [-0.3, -0.25) is 0 Å². The van der Waals surface area contributed by atoms with E-state index >= 15 is 0 Å². The summed E-state index contributed by atoms with van der Waals surface area (Å²) in [6.07, 6.45) is 8.17. The third-order valence-electron chi connectivity index (χ3n) is 5.90. The molecular weight excluding hydrogens is 440 g/mol. The lowest BCUT2D eigenvalue weighted by Crippen LogP contribution is -1.83. The maximum atomic E-state index is 5.92. The van der Waals surface area contributed by atoms with Gasteiger partial charge in [-0.25, -0.2) is 8.83 Å². The van der Waals surface area contributed by atoms with Gasteiger partial charge in [0, 0.05) is 35.4 Å². The highest BCUT2D eigenvalue weighted by Crippen LogP contribution is 2.25. The first-order chi connectivity index (χ1) is 17.6. The van der Waals surface area contributed by atoms with Gasteiger partial charge in [0.2, 0.25) is 0 Å². The third kappa shape index (κ3) is 5.92. The Balaban J connectivity index is 1.30. The third-order valence-corrected chi connectivity index (χ3v) is 5.90. The fraction of sp³-hybridized carbons (Fsp3) is 0.0588. The van der Waals surface area contributed by atoms with Gasteiger partial charge in [-0.2, -0.15) is 0 Å². The molecule has 0 radical (unpaired) electrons. The molecule has 0 N–H and O–H groups in total. The van der Waals surface area contributed by atoms with Gasteiger partial charge in [-0.05, 0) is 34.4 Å². The molecule has 0 aliphatic heterocycles. The summed E-state index contributed by atoms with van der Waals surface area (Å²) in [7, 11) is 0. The Morgan fingerprint density at radius 1 is 0.417 bits per heavy atom. The van der Waals surface area contributed by atoms with Crippen molar-refractivity contribution in [3.05, 3.63) is 143 Å². The first kappa shape index (κ1) is 23.2. The van der Waals surface area contributed by atoms with E-state index in [2.05, 4.69) is 109 Å². The van der Waals surface area contributed by atoms with E-state index in [9.17, 15) is 0 Å². The molecule has 5 rings (SSSR count). The molecule has 0 saturated carbocycles. The molecule has 0 amide bonds. The van der Waals surface area contributed by atoms with Crippen LogP contribution in [0.5, 0.6) is 0 Å². The first-order valence-corrected chi connectivity index (χ1v) is 12.1. The van der Waals surface area contributed by atoms with Crippen LogP contribution in [0.1, 0.15) is 34.2 Å². The van der Waals surface area contributed by atoms with Crippen molar-refractivity contribution in [2.24, 2.45) is 0 Å². The SMILES string of the molecule is Cc1cc(-c2ccccc2)cc(/C=C/c2ccc(/C=C/c3cc(-c4ccccc4)cc(C)[o+]3)cc2)[o+]1. The number of hydrogen-bond acceptors (Lipinski definition) is 0. The van der Waals surface area contributed by atoms with Crippen molar-refractivity contribution < 1.29 is 8.83 Å². The van der Waals surface area contributed by atoms with Crippen LogP contribution in [0.4, 0.5) is 0 Å². The molecule has 2 aromatic heterocycles. The highest BCUT2D eigenvalue weighted by Gasteiger charge is 2.12. The van der Waals surface area contributed by atoms with Gasteiger partial charge in [0.15, 0.2) is 0 Å². The van der Waals surface area contributed by atoms with E-state index in [1.165, 1.54) is 11.1 Å². The van der Waals surface area contributed by atoms with Crippen LogP contribution in [-0.2, 0) is 0 Å². The molecule has 0 unspecified atom stereocenters. The molecule has 0 bridgehead atoms. The molecule has 0 atom stereocenters. The van der Waals surface area contributed by atoms with Gasteiger partial charge in [0.05, 0.1) is 26.0 Å². The molecule has 36 heavy (non-hydrogen) atoms. The Bertz CT molecular complexity index is 1400. The Morgan fingerprint density at radius 2 is 0.806 bits per heavy atom. The van der Waals surface area contributed by atoms with Crippen molar-refractivity contribution in [2.75, 3.05) is 0 Å². The van der Waals surface area contributed by atoms with Gasteiger partial charge in [-0.1, -0.05) is 84.9 Å². The van der Waals surface area contributed by atoms with Crippen LogP contribution in [0.15, 0.2) is 118 Å². The summed E-state index contributed by atoms with van der Waals surface area (Å²) >= 11 is 0. The number of benzene rings is 3. The fourth-order valence-electron chi connectivity index (χ4n) is 4.15. The highest BCUT2D eigenvalue weighted by molar-refractivity contribution is 5.74. The molecule has 0 saturated heterocycles. The average Bonchev–Trinajstić information content (AvgIpc) is 2.92. The number of rotatable bonds is 6.